The fourth-order valence-electron chi connectivity index (χ4n) is 4.54. The molecule has 0 saturated carbocycles. The molecule has 0 saturated heterocycles. The lowest BCUT2D eigenvalue weighted by Crippen LogP contribution is -2.32. The number of rotatable bonds is 8. The number of methoxy groups -OCH3 is 2. The Morgan fingerprint density at radius 1 is 1.15 bits per heavy atom. The summed E-state index contributed by atoms with van der Waals surface area (Å²) >= 11 is 0. The van der Waals surface area contributed by atoms with Crippen molar-refractivity contribution in [2.45, 2.75) is 26.8 Å². The zero-order valence-electron chi connectivity index (χ0n) is 19.6. The Morgan fingerprint density at radius 2 is 1.94 bits per heavy atom. The van der Waals surface area contributed by atoms with Gasteiger partial charge in [-0.2, -0.15) is 5.10 Å². The summed E-state index contributed by atoms with van der Waals surface area (Å²) in [5.74, 6) is 1.19. The average Bonchev–Trinajstić information content (AvgIpc) is 3.31. The molecule has 1 atom stereocenters. The minimum atomic E-state index is -0.430. The maximum absolute atomic E-state index is 13.4. The Balaban J connectivity index is 1.90. The van der Waals surface area contributed by atoms with Gasteiger partial charge < -0.3 is 24.2 Å². The van der Waals surface area contributed by atoms with Gasteiger partial charge in [0.15, 0.2) is 11.5 Å². The molecule has 1 aliphatic rings. The van der Waals surface area contributed by atoms with Crippen LogP contribution in [0, 0.1) is 13.8 Å². The van der Waals surface area contributed by atoms with Gasteiger partial charge in [-0.15, -0.1) is 0 Å². The Bertz CT molecular complexity index is 1160. The van der Waals surface area contributed by atoms with Crippen LogP contribution in [0.4, 0.5) is 0 Å². The van der Waals surface area contributed by atoms with Crippen molar-refractivity contribution in [3.8, 4) is 28.5 Å². The molecule has 4 rings (SSSR count). The number of nitrogens with zero attached hydrogens (tertiary/aromatic N) is 2. The van der Waals surface area contributed by atoms with Crippen LogP contribution in [0.25, 0.3) is 11.3 Å². The summed E-state index contributed by atoms with van der Waals surface area (Å²) in [6, 6.07) is 8.93. The number of hydrogen-bond donors (Lipinski definition) is 2. The number of carbonyl (C=O) groups excluding carboxylic acids is 1. The fourth-order valence-corrected chi connectivity index (χ4v) is 4.54. The van der Waals surface area contributed by atoms with Crippen LogP contribution in [0.1, 0.15) is 45.7 Å². The summed E-state index contributed by atoms with van der Waals surface area (Å²) in [4.78, 5) is 15.1. The number of aromatic amines is 1. The van der Waals surface area contributed by atoms with Gasteiger partial charge in [-0.05, 0) is 55.7 Å². The number of H-pyrrole nitrogens is 1. The van der Waals surface area contributed by atoms with Crippen molar-refractivity contribution < 1.29 is 24.1 Å². The van der Waals surface area contributed by atoms with Crippen molar-refractivity contribution in [1.82, 2.24) is 15.1 Å². The molecule has 2 heterocycles. The predicted molar refractivity (Wildman–Crippen MR) is 124 cm³/mol. The van der Waals surface area contributed by atoms with E-state index in [2.05, 4.69) is 10.2 Å². The first-order valence-electron chi connectivity index (χ1n) is 10.9. The third-order valence-electron chi connectivity index (χ3n) is 5.90. The van der Waals surface area contributed by atoms with E-state index < -0.39 is 6.04 Å². The standard InChI is InChI=1S/C25H29N3O5/c1-6-33-18-8-7-16(13-19(18)32-5)24-21-22(20-15(3)11-14(2)12-17(20)29)26-27-23(21)25(30)28(24)9-10-31-4/h7-8,11-13,24,29H,6,9-10H2,1-5H3,(H,26,27). The molecule has 1 aliphatic heterocycles. The van der Waals surface area contributed by atoms with Crippen molar-refractivity contribution in [2.75, 3.05) is 34.0 Å². The second kappa shape index (κ2) is 9.15. The number of amides is 1. The van der Waals surface area contributed by atoms with Gasteiger partial charge in [-0.25, -0.2) is 0 Å². The van der Waals surface area contributed by atoms with Crippen molar-refractivity contribution in [2.24, 2.45) is 0 Å². The van der Waals surface area contributed by atoms with Gasteiger partial charge >= 0.3 is 0 Å². The SMILES string of the molecule is CCOc1ccc(C2c3c(-c4c(C)cc(C)cc4O)n[nH]c3C(=O)N2CCOC)cc1OC. The Morgan fingerprint density at radius 3 is 2.61 bits per heavy atom. The molecule has 0 fully saturated rings. The van der Waals surface area contributed by atoms with Crippen LogP contribution in [-0.2, 0) is 4.74 Å². The fraction of sp³-hybridized carbons (Fsp3) is 0.360. The lowest BCUT2D eigenvalue weighted by Gasteiger charge is -2.27. The second-order valence-corrected chi connectivity index (χ2v) is 8.07. The summed E-state index contributed by atoms with van der Waals surface area (Å²) in [5.41, 5.74) is 5.00. The largest absolute Gasteiger partial charge is 0.507 e. The summed E-state index contributed by atoms with van der Waals surface area (Å²) < 4.78 is 16.5. The zero-order chi connectivity index (χ0) is 23.7. The first-order valence-corrected chi connectivity index (χ1v) is 10.9. The number of aromatic hydroxyl groups is 1. The lowest BCUT2D eigenvalue weighted by molar-refractivity contribution is 0.0677. The van der Waals surface area contributed by atoms with Crippen LogP contribution >= 0.6 is 0 Å². The molecule has 2 aromatic carbocycles. The molecule has 8 heteroatoms. The molecule has 1 unspecified atom stereocenters. The third kappa shape index (κ3) is 3.91. The van der Waals surface area contributed by atoms with E-state index in [-0.39, 0.29) is 11.7 Å². The number of phenols is 1. The molecular weight excluding hydrogens is 422 g/mol. The van der Waals surface area contributed by atoms with Crippen molar-refractivity contribution >= 4 is 5.91 Å². The van der Waals surface area contributed by atoms with E-state index in [1.807, 2.05) is 45.0 Å². The molecule has 2 N–H and O–H groups in total. The number of hydrogen-bond acceptors (Lipinski definition) is 6. The van der Waals surface area contributed by atoms with E-state index in [4.69, 9.17) is 14.2 Å². The van der Waals surface area contributed by atoms with E-state index in [0.717, 1.165) is 22.3 Å². The smallest absolute Gasteiger partial charge is 0.273 e. The van der Waals surface area contributed by atoms with Crippen LogP contribution in [0.5, 0.6) is 17.2 Å². The highest BCUT2D eigenvalue weighted by Gasteiger charge is 2.42. The molecule has 0 radical (unpaired) electrons. The molecule has 0 aliphatic carbocycles. The van der Waals surface area contributed by atoms with Crippen LogP contribution in [0.3, 0.4) is 0 Å². The number of fused-ring (bicyclic) bond motifs is 1. The normalized spacial score (nSPS) is 15.1. The number of nitrogens with one attached hydrogen (secondary N) is 1. The number of ether oxygens (including phenoxy) is 3. The highest BCUT2D eigenvalue weighted by Crippen LogP contribution is 2.46. The molecular formula is C25H29N3O5. The zero-order valence-corrected chi connectivity index (χ0v) is 19.6. The van der Waals surface area contributed by atoms with Crippen LogP contribution in [0.2, 0.25) is 0 Å². The van der Waals surface area contributed by atoms with Crippen LogP contribution in [0.15, 0.2) is 30.3 Å². The molecule has 0 bridgehead atoms. The van der Waals surface area contributed by atoms with Gasteiger partial charge in [-0.1, -0.05) is 12.1 Å². The van der Waals surface area contributed by atoms with Gasteiger partial charge in [0.1, 0.15) is 17.1 Å². The Kier molecular flexibility index (Phi) is 6.29. The highest BCUT2D eigenvalue weighted by molar-refractivity contribution is 6.00. The summed E-state index contributed by atoms with van der Waals surface area (Å²) in [6.07, 6.45) is 0. The Labute approximate surface area is 193 Å². The number of aryl methyl sites for hydroxylation is 2. The first-order chi connectivity index (χ1) is 15.9. The van der Waals surface area contributed by atoms with Gasteiger partial charge in [0.05, 0.1) is 26.4 Å². The van der Waals surface area contributed by atoms with Gasteiger partial charge in [-0.3, -0.25) is 9.89 Å². The second-order valence-electron chi connectivity index (χ2n) is 8.07. The number of aromatic nitrogens is 2. The number of benzene rings is 2. The molecule has 8 nitrogen and oxygen atoms in total. The van der Waals surface area contributed by atoms with Crippen LogP contribution < -0.4 is 9.47 Å². The highest BCUT2D eigenvalue weighted by atomic mass is 16.5. The minimum absolute atomic E-state index is 0.132. The lowest BCUT2D eigenvalue weighted by atomic mass is 9.93. The topological polar surface area (TPSA) is 96.9 Å². The quantitative estimate of drug-likeness (QED) is 0.537. The summed E-state index contributed by atoms with van der Waals surface area (Å²) in [6.45, 7) is 7.07. The maximum atomic E-state index is 13.4. The van der Waals surface area contributed by atoms with Gasteiger partial charge in [0.25, 0.3) is 5.91 Å². The van der Waals surface area contributed by atoms with Gasteiger partial charge in [0.2, 0.25) is 0 Å². The van der Waals surface area contributed by atoms with Crippen LogP contribution in [-0.4, -0.2) is 60.1 Å². The summed E-state index contributed by atoms with van der Waals surface area (Å²) in [7, 11) is 3.20. The maximum Gasteiger partial charge on any atom is 0.273 e. The molecule has 174 valence electrons. The summed E-state index contributed by atoms with van der Waals surface area (Å²) in [5, 5.41) is 18.2. The van der Waals surface area contributed by atoms with E-state index in [0.29, 0.717) is 48.2 Å². The molecule has 1 amide bonds. The number of carbonyl (C=O) groups is 1. The molecule has 1 aromatic heterocycles. The van der Waals surface area contributed by atoms with E-state index in [1.54, 1.807) is 25.2 Å². The average molecular weight is 452 g/mol. The van der Waals surface area contributed by atoms with Gasteiger partial charge in [0, 0.05) is 24.8 Å². The first kappa shape index (κ1) is 22.7. The van der Waals surface area contributed by atoms with Crippen molar-refractivity contribution in [3.63, 3.8) is 0 Å². The van der Waals surface area contributed by atoms with Crippen molar-refractivity contribution in [1.29, 1.82) is 0 Å². The van der Waals surface area contributed by atoms with E-state index in [1.165, 1.54) is 0 Å². The Hall–Kier alpha value is -3.52. The van der Waals surface area contributed by atoms with E-state index >= 15 is 0 Å². The third-order valence-corrected chi connectivity index (χ3v) is 5.90. The minimum Gasteiger partial charge on any atom is -0.507 e. The molecule has 0 spiro atoms. The van der Waals surface area contributed by atoms with E-state index in [9.17, 15) is 9.90 Å². The monoisotopic (exact) mass is 451 g/mol. The van der Waals surface area contributed by atoms with Crippen molar-refractivity contribution in [3.05, 3.63) is 58.3 Å². The molecule has 33 heavy (non-hydrogen) atoms. The molecule has 3 aromatic rings. The predicted octanol–water partition coefficient (Wildman–Crippen LogP) is 4.00. The number of phenolic OH excluding ortho intramolecular Hbond substituents is 1.